The van der Waals surface area contributed by atoms with Gasteiger partial charge in [-0.1, -0.05) is 43.9 Å². The predicted molar refractivity (Wildman–Crippen MR) is 88.8 cm³/mol. The largest absolute Gasteiger partial charge is 0.496 e. The first-order chi connectivity index (χ1) is 10.2. The highest BCUT2D eigenvalue weighted by Gasteiger charge is 2.27. The van der Waals surface area contributed by atoms with E-state index in [0.717, 1.165) is 12.2 Å². The summed E-state index contributed by atoms with van der Waals surface area (Å²) >= 11 is 0. The Labute approximate surface area is 129 Å². The van der Waals surface area contributed by atoms with Gasteiger partial charge in [0.2, 0.25) is 0 Å². The molecule has 0 saturated heterocycles. The molecular formula is C18H30N2O. The maximum atomic E-state index is 6.10. The van der Waals surface area contributed by atoms with Gasteiger partial charge in [0, 0.05) is 18.1 Å². The van der Waals surface area contributed by atoms with Crippen molar-refractivity contribution in [1.82, 2.24) is 5.32 Å². The Morgan fingerprint density at radius 2 is 1.86 bits per heavy atom. The lowest BCUT2D eigenvalue weighted by atomic mass is 9.90. The summed E-state index contributed by atoms with van der Waals surface area (Å²) in [7, 11) is 1.73. The minimum Gasteiger partial charge on any atom is -0.496 e. The van der Waals surface area contributed by atoms with E-state index in [-0.39, 0.29) is 5.54 Å². The molecule has 0 spiro atoms. The van der Waals surface area contributed by atoms with Gasteiger partial charge in [-0.3, -0.25) is 0 Å². The third kappa shape index (κ3) is 4.72. The second-order valence-corrected chi connectivity index (χ2v) is 6.59. The second kappa shape index (κ2) is 7.81. The number of ether oxygens (including phenoxy) is 1. The Bertz CT molecular complexity index is 427. The minimum atomic E-state index is -0.0658. The highest BCUT2D eigenvalue weighted by molar-refractivity contribution is 5.34. The van der Waals surface area contributed by atoms with Crippen molar-refractivity contribution >= 4 is 0 Å². The van der Waals surface area contributed by atoms with E-state index in [9.17, 15) is 0 Å². The van der Waals surface area contributed by atoms with Gasteiger partial charge in [0.1, 0.15) is 5.75 Å². The molecular weight excluding hydrogens is 260 g/mol. The lowest BCUT2D eigenvalue weighted by Crippen LogP contribution is -2.54. The molecule has 1 fully saturated rings. The van der Waals surface area contributed by atoms with E-state index in [1.54, 1.807) is 7.11 Å². The molecule has 118 valence electrons. The predicted octanol–water partition coefficient (Wildman–Crippen LogP) is 3.27. The normalized spacial score (nSPS) is 19.8. The van der Waals surface area contributed by atoms with E-state index >= 15 is 0 Å². The quantitative estimate of drug-likeness (QED) is 0.791. The van der Waals surface area contributed by atoms with Crippen molar-refractivity contribution in [3.63, 3.8) is 0 Å². The Balaban J connectivity index is 2.05. The highest BCUT2D eigenvalue weighted by atomic mass is 16.5. The lowest BCUT2D eigenvalue weighted by Gasteiger charge is -2.34. The van der Waals surface area contributed by atoms with E-state index in [1.807, 2.05) is 12.1 Å². The van der Waals surface area contributed by atoms with Gasteiger partial charge >= 0.3 is 0 Å². The van der Waals surface area contributed by atoms with Gasteiger partial charge in [-0.2, -0.15) is 0 Å². The molecule has 0 aromatic heterocycles. The lowest BCUT2D eigenvalue weighted by molar-refractivity contribution is 0.291. The summed E-state index contributed by atoms with van der Waals surface area (Å²) in [5.41, 5.74) is 7.26. The van der Waals surface area contributed by atoms with Crippen LogP contribution in [0.4, 0.5) is 0 Å². The van der Waals surface area contributed by atoms with Crippen LogP contribution in [-0.4, -0.2) is 25.2 Å². The van der Waals surface area contributed by atoms with Crippen LogP contribution in [0.25, 0.3) is 0 Å². The molecule has 0 bridgehead atoms. The number of nitrogens with two attached hydrogens (primary N) is 1. The van der Waals surface area contributed by atoms with Gasteiger partial charge in [0.05, 0.1) is 7.11 Å². The topological polar surface area (TPSA) is 47.3 Å². The Morgan fingerprint density at radius 1 is 1.19 bits per heavy atom. The van der Waals surface area contributed by atoms with Gasteiger partial charge in [0.25, 0.3) is 0 Å². The fraction of sp³-hybridized carbons (Fsp3) is 0.667. The Kier molecular flexibility index (Phi) is 6.07. The number of benzene rings is 1. The summed E-state index contributed by atoms with van der Waals surface area (Å²) in [5, 5.41) is 3.84. The molecule has 3 heteroatoms. The van der Waals surface area contributed by atoms with Gasteiger partial charge < -0.3 is 15.8 Å². The SMILES string of the molecule is COc1ccccc1CC(C)(CN)NC1CCCCCC1. The molecule has 0 aliphatic heterocycles. The summed E-state index contributed by atoms with van der Waals surface area (Å²) in [6, 6.07) is 8.86. The summed E-state index contributed by atoms with van der Waals surface area (Å²) in [5.74, 6) is 0.958. The average Bonchev–Trinajstić information content (AvgIpc) is 2.76. The van der Waals surface area contributed by atoms with E-state index in [1.165, 1.54) is 44.1 Å². The molecule has 0 heterocycles. The van der Waals surface area contributed by atoms with Crippen molar-refractivity contribution < 1.29 is 4.74 Å². The van der Waals surface area contributed by atoms with E-state index < -0.39 is 0 Å². The van der Waals surface area contributed by atoms with Crippen LogP contribution in [0, 0.1) is 0 Å². The number of methoxy groups -OCH3 is 1. The van der Waals surface area contributed by atoms with Crippen LogP contribution in [0.3, 0.4) is 0 Å². The highest BCUT2D eigenvalue weighted by Crippen LogP contribution is 2.25. The fourth-order valence-electron chi connectivity index (χ4n) is 3.37. The third-order valence-electron chi connectivity index (χ3n) is 4.63. The maximum Gasteiger partial charge on any atom is 0.122 e. The van der Waals surface area contributed by atoms with Crippen LogP contribution >= 0.6 is 0 Å². The Hall–Kier alpha value is -1.06. The van der Waals surface area contributed by atoms with Crippen LogP contribution < -0.4 is 15.8 Å². The van der Waals surface area contributed by atoms with Crippen LogP contribution in [0.1, 0.15) is 51.0 Å². The molecule has 3 N–H and O–H groups in total. The summed E-state index contributed by atoms with van der Waals surface area (Å²) in [6.07, 6.45) is 8.90. The standard InChI is InChI=1S/C18H30N2O/c1-18(14-19,20-16-10-5-3-4-6-11-16)13-15-9-7-8-12-17(15)21-2/h7-9,12,16,20H,3-6,10-11,13-14,19H2,1-2H3. The van der Waals surface area contributed by atoms with Crippen molar-refractivity contribution in [2.45, 2.75) is 63.5 Å². The molecule has 2 rings (SSSR count). The van der Waals surface area contributed by atoms with Crippen molar-refractivity contribution in [2.75, 3.05) is 13.7 Å². The van der Waals surface area contributed by atoms with Gasteiger partial charge in [-0.25, -0.2) is 0 Å². The Morgan fingerprint density at radius 3 is 2.48 bits per heavy atom. The molecule has 1 aliphatic rings. The van der Waals surface area contributed by atoms with Crippen LogP contribution in [0.2, 0.25) is 0 Å². The molecule has 1 aliphatic carbocycles. The number of rotatable bonds is 6. The molecule has 1 aromatic rings. The first-order valence-corrected chi connectivity index (χ1v) is 8.26. The number of hydrogen-bond acceptors (Lipinski definition) is 3. The molecule has 1 saturated carbocycles. The molecule has 21 heavy (non-hydrogen) atoms. The van der Waals surface area contributed by atoms with E-state index in [2.05, 4.69) is 24.4 Å². The van der Waals surface area contributed by atoms with Crippen molar-refractivity contribution in [2.24, 2.45) is 5.73 Å². The molecule has 0 amide bonds. The van der Waals surface area contributed by atoms with E-state index in [4.69, 9.17) is 10.5 Å². The van der Waals surface area contributed by atoms with Crippen molar-refractivity contribution in [3.05, 3.63) is 29.8 Å². The van der Waals surface area contributed by atoms with Gasteiger partial charge in [-0.05, 0) is 37.8 Å². The fourth-order valence-corrected chi connectivity index (χ4v) is 3.37. The first kappa shape index (κ1) is 16.3. The van der Waals surface area contributed by atoms with Gasteiger partial charge in [0.15, 0.2) is 0 Å². The molecule has 0 radical (unpaired) electrons. The van der Waals surface area contributed by atoms with Crippen LogP contribution in [0.15, 0.2) is 24.3 Å². The number of para-hydroxylation sites is 1. The zero-order valence-electron chi connectivity index (χ0n) is 13.5. The molecule has 1 atom stereocenters. The van der Waals surface area contributed by atoms with Gasteiger partial charge in [-0.15, -0.1) is 0 Å². The zero-order chi connectivity index (χ0) is 15.1. The third-order valence-corrected chi connectivity index (χ3v) is 4.63. The summed E-state index contributed by atoms with van der Waals surface area (Å²) in [4.78, 5) is 0. The summed E-state index contributed by atoms with van der Waals surface area (Å²) in [6.45, 7) is 2.88. The van der Waals surface area contributed by atoms with Crippen molar-refractivity contribution in [1.29, 1.82) is 0 Å². The van der Waals surface area contributed by atoms with Crippen LogP contribution in [-0.2, 0) is 6.42 Å². The number of nitrogens with one attached hydrogen (secondary N) is 1. The maximum absolute atomic E-state index is 6.10. The summed E-state index contributed by atoms with van der Waals surface area (Å²) < 4.78 is 5.48. The number of hydrogen-bond donors (Lipinski definition) is 2. The minimum absolute atomic E-state index is 0.0658. The van der Waals surface area contributed by atoms with Crippen LogP contribution in [0.5, 0.6) is 5.75 Å². The monoisotopic (exact) mass is 290 g/mol. The zero-order valence-corrected chi connectivity index (χ0v) is 13.5. The van der Waals surface area contributed by atoms with E-state index in [0.29, 0.717) is 12.6 Å². The smallest absolute Gasteiger partial charge is 0.122 e. The molecule has 3 nitrogen and oxygen atoms in total. The average molecular weight is 290 g/mol. The first-order valence-electron chi connectivity index (χ1n) is 8.26. The second-order valence-electron chi connectivity index (χ2n) is 6.59. The molecule has 1 aromatic carbocycles. The molecule has 1 unspecified atom stereocenters. The van der Waals surface area contributed by atoms with Crippen molar-refractivity contribution in [3.8, 4) is 5.75 Å².